The summed E-state index contributed by atoms with van der Waals surface area (Å²) in [5, 5.41) is 12.1. The highest BCUT2D eigenvalue weighted by atomic mass is 16.5. The first-order valence-electron chi connectivity index (χ1n) is 7.19. The monoisotopic (exact) mass is 307 g/mol. The fraction of sp³-hybridized carbons (Fsp3) is 0.375. The molecule has 1 aromatic carbocycles. The number of carboxylic acid groups (broad SMARTS) is 1. The number of ether oxygens (including phenoxy) is 2. The van der Waals surface area contributed by atoms with Crippen LogP contribution in [0.5, 0.6) is 0 Å². The molecule has 0 radical (unpaired) electrons. The van der Waals surface area contributed by atoms with Crippen molar-refractivity contribution < 1.29 is 24.2 Å². The van der Waals surface area contributed by atoms with Gasteiger partial charge >= 0.3 is 11.9 Å². The predicted molar refractivity (Wildman–Crippen MR) is 82.2 cm³/mol. The number of carbonyl (C=O) groups is 2. The Morgan fingerprint density at radius 1 is 1.14 bits per heavy atom. The van der Waals surface area contributed by atoms with Crippen LogP contribution in [0, 0.1) is 0 Å². The van der Waals surface area contributed by atoms with E-state index in [0.717, 1.165) is 12.8 Å². The van der Waals surface area contributed by atoms with Gasteiger partial charge in [0.25, 0.3) is 0 Å². The van der Waals surface area contributed by atoms with E-state index in [9.17, 15) is 14.7 Å². The third-order valence-electron chi connectivity index (χ3n) is 2.70. The SMILES string of the molecule is CCCCOC(Nc1ccccc1)=C(C(=O)O)C(=O)OCC. The van der Waals surface area contributed by atoms with Crippen molar-refractivity contribution in [2.45, 2.75) is 26.7 Å². The number of hydrogen-bond donors (Lipinski definition) is 2. The lowest BCUT2D eigenvalue weighted by molar-refractivity contribution is -0.144. The van der Waals surface area contributed by atoms with Gasteiger partial charge in [0.15, 0.2) is 0 Å². The van der Waals surface area contributed by atoms with Crippen molar-refractivity contribution in [3.63, 3.8) is 0 Å². The number of nitrogens with one attached hydrogen (secondary N) is 1. The van der Waals surface area contributed by atoms with Crippen molar-refractivity contribution in [2.24, 2.45) is 0 Å². The summed E-state index contributed by atoms with van der Waals surface area (Å²) >= 11 is 0. The molecular formula is C16H21NO5. The van der Waals surface area contributed by atoms with Crippen LogP contribution in [0.3, 0.4) is 0 Å². The van der Waals surface area contributed by atoms with Gasteiger partial charge in [-0.3, -0.25) is 0 Å². The van der Waals surface area contributed by atoms with Gasteiger partial charge in [-0.2, -0.15) is 0 Å². The number of hydrogen-bond acceptors (Lipinski definition) is 5. The van der Waals surface area contributed by atoms with Gasteiger partial charge in [-0.1, -0.05) is 31.5 Å². The number of carboxylic acids is 1. The first-order chi connectivity index (χ1) is 10.6. The highest BCUT2D eigenvalue weighted by Gasteiger charge is 2.26. The van der Waals surface area contributed by atoms with Crippen LogP contribution in [-0.4, -0.2) is 30.3 Å². The molecule has 0 bridgehead atoms. The second kappa shape index (κ2) is 9.44. The zero-order chi connectivity index (χ0) is 16.4. The number of unbranched alkanes of at least 4 members (excludes halogenated alkanes) is 1. The Hall–Kier alpha value is -2.50. The molecule has 22 heavy (non-hydrogen) atoms. The third-order valence-corrected chi connectivity index (χ3v) is 2.70. The molecule has 0 saturated heterocycles. The van der Waals surface area contributed by atoms with Crippen LogP contribution >= 0.6 is 0 Å². The molecule has 120 valence electrons. The number of carbonyl (C=O) groups excluding carboxylic acids is 1. The van der Waals surface area contributed by atoms with Crippen molar-refractivity contribution in [3.05, 3.63) is 41.8 Å². The van der Waals surface area contributed by atoms with Gasteiger partial charge in [-0.25, -0.2) is 9.59 Å². The Labute approximate surface area is 129 Å². The minimum atomic E-state index is -1.40. The minimum Gasteiger partial charge on any atom is -0.478 e. The molecule has 0 aliphatic rings. The van der Waals surface area contributed by atoms with E-state index >= 15 is 0 Å². The first-order valence-corrected chi connectivity index (χ1v) is 7.19. The summed E-state index contributed by atoms with van der Waals surface area (Å²) in [6, 6.07) is 8.89. The molecule has 0 fully saturated rings. The van der Waals surface area contributed by atoms with Gasteiger partial charge < -0.3 is 19.9 Å². The quantitative estimate of drug-likeness (QED) is 0.182. The predicted octanol–water partition coefficient (Wildman–Crippen LogP) is 2.77. The molecule has 0 amide bonds. The van der Waals surface area contributed by atoms with Gasteiger partial charge in [0.05, 0.1) is 13.2 Å². The third kappa shape index (κ3) is 5.47. The van der Waals surface area contributed by atoms with Crippen molar-refractivity contribution in [1.29, 1.82) is 0 Å². The molecule has 2 N–H and O–H groups in total. The van der Waals surface area contributed by atoms with Gasteiger partial charge in [0, 0.05) is 5.69 Å². The van der Waals surface area contributed by atoms with Crippen LogP contribution in [0.1, 0.15) is 26.7 Å². The molecule has 0 aromatic heterocycles. The number of benzene rings is 1. The van der Waals surface area contributed by atoms with Crippen molar-refractivity contribution in [2.75, 3.05) is 18.5 Å². The van der Waals surface area contributed by atoms with E-state index in [-0.39, 0.29) is 12.5 Å². The Kier molecular flexibility index (Phi) is 7.53. The molecule has 0 aliphatic carbocycles. The summed E-state index contributed by atoms with van der Waals surface area (Å²) in [4.78, 5) is 23.3. The molecule has 0 saturated carbocycles. The zero-order valence-electron chi connectivity index (χ0n) is 12.8. The van der Waals surface area contributed by atoms with Gasteiger partial charge in [0.1, 0.15) is 0 Å². The van der Waals surface area contributed by atoms with E-state index in [4.69, 9.17) is 9.47 Å². The standard InChI is InChI=1S/C16H21NO5/c1-3-5-11-22-14(17-12-9-7-6-8-10-12)13(15(18)19)16(20)21-4-2/h6-10,17H,3-5,11H2,1-2H3,(H,18,19). The summed E-state index contributed by atoms with van der Waals surface area (Å²) in [7, 11) is 0. The lowest BCUT2D eigenvalue weighted by atomic mass is 10.2. The summed E-state index contributed by atoms with van der Waals surface area (Å²) in [5.41, 5.74) is 0.0823. The van der Waals surface area contributed by atoms with Crippen LogP contribution in [0.2, 0.25) is 0 Å². The lowest BCUT2D eigenvalue weighted by Gasteiger charge is -2.15. The smallest absolute Gasteiger partial charge is 0.351 e. The number of aliphatic carboxylic acids is 1. The van der Waals surface area contributed by atoms with Crippen molar-refractivity contribution >= 4 is 17.6 Å². The molecule has 0 atom stereocenters. The molecule has 0 spiro atoms. The Morgan fingerprint density at radius 3 is 2.36 bits per heavy atom. The fourth-order valence-corrected chi connectivity index (χ4v) is 1.62. The topological polar surface area (TPSA) is 84.9 Å². The molecule has 0 unspecified atom stereocenters. The molecule has 1 aromatic rings. The van der Waals surface area contributed by atoms with Crippen LogP contribution in [0.15, 0.2) is 41.8 Å². The number of esters is 1. The number of rotatable bonds is 9. The average Bonchev–Trinajstić information content (AvgIpc) is 2.48. The van der Waals surface area contributed by atoms with E-state index in [1.807, 2.05) is 13.0 Å². The van der Waals surface area contributed by atoms with Gasteiger partial charge in [0.2, 0.25) is 11.5 Å². The second-order valence-electron chi connectivity index (χ2n) is 4.42. The minimum absolute atomic E-state index is 0.0865. The summed E-state index contributed by atoms with van der Waals surface area (Å²) in [6.07, 6.45) is 1.64. The maximum atomic E-state index is 11.9. The summed E-state index contributed by atoms with van der Waals surface area (Å²) in [6.45, 7) is 3.99. The molecular weight excluding hydrogens is 286 g/mol. The van der Waals surface area contributed by atoms with Gasteiger partial charge in [-0.05, 0) is 25.5 Å². The van der Waals surface area contributed by atoms with Gasteiger partial charge in [-0.15, -0.1) is 0 Å². The lowest BCUT2D eigenvalue weighted by Crippen LogP contribution is -2.22. The van der Waals surface area contributed by atoms with Crippen molar-refractivity contribution in [1.82, 2.24) is 0 Å². The molecule has 6 heteroatoms. The van der Waals surface area contributed by atoms with E-state index < -0.39 is 17.5 Å². The van der Waals surface area contributed by atoms with E-state index in [1.54, 1.807) is 31.2 Å². The van der Waals surface area contributed by atoms with Crippen molar-refractivity contribution in [3.8, 4) is 0 Å². The molecule has 6 nitrogen and oxygen atoms in total. The Morgan fingerprint density at radius 2 is 1.82 bits per heavy atom. The number of anilines is 1. The summed E-state index contributed by atoms with van der Waals surface area (Å²) in [5.74, 6) is -2.43. The zero-order valence-corrected chi connectivity index (χ0v) is 12.8. The van der Waals surface area contributed by atoms with E-state index in [1.165, 1.54) is 0 Å². The van der Waals surface area contributed by atoms with Crippen LogP contribution in [0.4, 0.5) is 5.69 Å². The van der Waals surface area contributed by atoms with Crippen LogP contribution in [0.25, 0.3) is 0 Å². The Bertz CT molecular complexity index is 525. The largest absolute Gasteiger partial charge is 0.478 e. The summed E-state index contributed by atoms with van der Waals surface area (Å²) < 4.78 is 10.3. The van der Waals surface area contributed by atoms with Crippen LogP contribution in [-0.2, 0) is 19.1 Å². The first kappa shape index (κ1) is 17.6. The second-order valence-corrected chi connectivity index (χ2v) is 4.42. The van der Waals surface area contributed by atoms with E-state index in [2.05, 4.69) is 5.32 Å². The maximum Gasteiger partial charge on any atom is 0.351 e. The molecule has 0 aliphatic heterocycles. The fourth-order valence-electron chi connectivity index (χ4n) is 1.62. The molecule has 0 heterocycles. The maximum absolute atomic E-state index is 11.9. The highest BCUT2D eigenvalue weighted by molar-refractivity contribution is 6.14. The Balaban J connectivity index is 3.09. The number of para-hydroxylation sites is 1. The van der Waals surface area contributed by atoms with Crippen LogP contribution < -0.4 is 5.32 Å². The molecule has 1 rings (SSSR count). The average molecular weight is 307 g/mol. The normalized spacial score (nSPS) is 11.4. The highest BCUT2D eigenvalue weighted by Crippen LogP contribution is 2.15. The van der Waals surface area contributed by atoms with E-state index in [0.29, 0.717) is 12.3 Å².